The molecule has 0 aromatic heterocycles. The molecule has 2 N–H and O–H groups in total. The molecule has 1 heterocycles. The Hall–Kier alpha value is -0.320. The standard InChI is InChI=1S/C16H31N3O.ClH/c1-3-9-16(2,17)15(20)19-11-6-10-18(12-13-19)14-7-4-5-8-14;/h14H,3-13,17H2,1-2H3;1H. The first-order chi connectivity index (χ1) is 9.54. The van der Waals surface area contributed by atoms with E-state index < -0.39 is 5.54 Å². The van der Waals surface area contributed by atoms with Gasteiger partial charge in [-0.2, -0.15) is 0 Å². The lowest BCUT2D eigenvalue weighted by atomic mass is 9.95. The molecule has 2 fully saturated rings. The summed E-state index contributed by atoms with van der Waals surface area (Å²) in [7, 11) is 0. The summed E-state index contributed by atoms with van der Waals surface area (Å²) in [4.78, 5) is 17.2. The number of carbonyl (C=O) groups excluding carboxylic acids is 1. The first kappa shape index (κ1) is 18.7. The Kier molecular flexibility index (Phi) is 7.45. The van der Waals surface area contributed by atoms with Crippen LogP contribution < -0.4 is 5.73 Å². The van der Waals surface area contributed by atoms with Gasteiger partial charge in [-0.15, -0.1) is 12.4 Å². The topological polar surface area (TPSA) is 49.6 Å². The molecule has 21 heavy (non-hydrogen) atoms. The Balaban J connectivity index is 0.00000220. The van der Waals surface area contributed by atoms with Gasteiger partial charge >= 0.3 is 0 Å². The molecule has 1 saturated carbocycles. The van der Waals surface area contributed by atoms with Crippen LogP contribution >= 0.6 is 12.4 Å². The summed E-state index contributed by atoms with van der Waals surface area (Å²) in [5.41, 5.74) is 5.52. The zero-order valence-corrected chi connectivity index (χ0v) is 14.5. The van der Waals surface area contributed by atoms with Crippen molar-refractivity contribution >= 4 is 18.3 Å². The minimum absolute atomic E-state index is 0. The quantitative estimate of drug-likeness (QED) is 0.866. The lowest BCUT2D eigenvalue weighted by molar-refractivity contribution is -0.136. The predicted molar refractivity (Wildman–Crippen MR) is 89.8 cm³/mol. The molecule has 1 aliphatic heterocycles. The zero-order valence-electron chi connectivity index (χ0n) is 13.6. The van der Waals surface area contributed by atoms with Crippen LogP contribution in [0.25, 0.3) is 0 Å². The van der Waals surface area contributed by atoms with Crippen molar-refractivity contribution < 1.29 is 4.79 Å². The normalized spacial score (nSPS) is 24.2. The molecule has 1 atom stereocenters. The van der Waals surface area contributed by atoms with Crippen LogP contribution in [0.1, 0.15) is 58.8 Å². The van der Waals surface area contributed by atoms with E-state index in [1.54, 1.807) is 0 Å². The van der Waals surface area contributed by atoms with Crippen LogP contribution in [0.5, 0.6) is 0 Å². The van der Waals surface area contributed by atoms with E-state index in [-0.39, 0.29) is 18.3 Å². The first-order valence-electron chi connectivity index (χ1n) is 8.37. The fraction of sp³-hybridized carbons (Fsp3) is 0.938. The zero-order chi connectivity index (χ0) is 14.6. The van der Waals surface area contributed by atoms with Gasteiger partial charge in [-0.3, -0.25) is 9.69 Å². The molecule has 0 aromatic rings. The maximum Gasteiger partial charge on any atom is 0.242 e. The number of nitrogens with two attached hydrogens (primary N) is 1. The van der Waals surface area contributed by atoms with Gasteiger partial charge in [-0.05, 0) is 32.6 Å². The molecule has 4 nitrogen and oxygen atoms in total. The molecule has 1 aliphatic carbocycles. The Labute approximate surface area is 135 Å². The average Bonchev–Trinajstić information content (AvgIpc) is 2.83. The Morgan fingerprint density at radius 2 is 1.81 bits per heavy atom. The Bertz CT molecular complexity index is 329. The molecule has 0 spiro atoms. The van der Waals surface area contributed by atoms with E-state index in [9.17, 15) is 4.79 Å². The van der Waals surface area contributed by atoms with E-state index in [0.29, 0.717) is 0 Å². The van der Waals surface area contributed by atoms with Crippen LogP contribution in [0.3, 0.4) is 0 Å². The molecule has 0 bridgehead atoms. The van der Waals surface area contributed by atoms with E-state index >= 15 is 0 Å². The van der Waals surface area contributed by atoms with Crippen LogP contribution in [0, 0.1) is 0 Å². The van der Waals surface area contributed by atoms with E-state index in [2.05, 4.69) is 11.8 Å². The van der Waals surface area contributed by atoms with Crippen LogP contribution in [0.4, 0.5) is 0 Å². The molecular formula is C16H32ClN3O. The number of rotatable bonds is 4. The SMILES string of the molecule is CCCC(C)(N)C(=O)N1CCCN(C2CCCC2)CC1.Cl. The third kappa shape index (κ3) is 4.83. The van der Waals surface area contributed by atoms with Gasteiger partial charge in [0.15, 0.2) is 0 Å². The van der Waals surface area contributed by atoms with Crippen LogP contribution in [-0.4, -0.2) is 53.5 Å². The van der Waals surface area contributed by atoms with E-state index in [4.69, 9.17) is 5.73 Å². The molecule has 1 amide bonds. The Morgan fingerprint density at radius 1 is 1.14 bits per heavy atom. The lowest BCUT2D eigenvalue weighted by Crippen LogP contribution is -2.54. The van der Waals surface area contributed by atoms with Gasteiger partial charge in [0.1, 0.15) is 0 Å². The summed E-state index contributed by atoms with van der Waals surface area (Å²) in [5.74, 6) is 0.146. The molecule has 124 valence electrons. The first-order valence-corrected chi connectivity index (χ1v) is 8.37. The fourth-order valence-corrected chi connectivity index (χ4v) is 3.76. The van der Waals surface area contributed by atoms with Crippen molar-refractivity contribution in [2.45, 2.75) is 70.4 Å². The van der Waals surface area contributed by atoms with Crippen molar-refractivity contribution in [3.63, 3.8) is 0 Å². The summed E-state index contributed by atoms with van der Waals surface area (Å²) in [6.45, 7) is 7.87. The van der Waals surface area contributed by atoms with E-state index in [1.165, 1.54) is 25.7 Å². The smallest absolute Gasteiger partial charge is 0.242 e. The third-order valence-corrected chi connectivity index (χ3v) is 4.92. The minimum atomic E-state index is -0.683. The summed E-state index contributed by atoms with van der Waals surface area (Å²) in [5, 5.41) is 0. The van der Waals surface area contributed by atoms with Crippen molar-refractivity contribution in [1.29, 1.82) is 0 Å². The van der Waals surface area contributed by atoms with Gasteiger partial charge in [-0.1, -0.05) is 26.2 Å². The number of hydrogen-bond donors (Lipinski definition) is 1. The van der Waals surface area contributed by atoms with Gasteiger partial charge in [-0.25, -0.2) is 0 Å². The van der Waals surface area contributed by atoms with Gasteiger partial charge < -0.3 is 10.6 Å². The highest BCUT2D eigenvalue weighted by Crippen LogP contribution is 2.24. The lowest BCUT2D eigenvalue weighted by Gasteiger charge is -2.31. The molecule has 5 heteroatoms. The van der Waals surface area contributed by atoms with Crippen LogP contribution in [-0.2, 0) is 4.79 Å². The van der Waals surface area contributed by atoms with Crippen molar-refractivity contribution in [3.8, 4) is 0 Å². The van der Waals surface area contributed by atoms with Gasteiger partial charge in [0, 0.05) is 32.2 Å². The van der Waals surface area contributed by atoms with Gasteiger partial charge in [0.25, 0.3) is 0 Å². The summed E-state index contributed by atoms with van der Waals surface area (Å²) >= 11 is 0. The van der Waals surface area contributed by atoms with Crippen molar-refractivity contribution in [2.75, 3.05) is 26.2 Å². The molecule has 1 unspecified atom stereocenters. The second-order valence-electron chi connectivity index (χ2n) is 6.79. The monoisotopic (exact) mass is 317 g/mol. The molecular weight excluding hydrogens is 286 g/mol. The van der Waals surface area contributed by atoms with E-state index in [0.717, 1.165) is 51.5 Å². The number of halogens is 1. The van der Waals surface area contributed by atoms with Crippen LogP contribution in [0.15, 0.2) is 0 Å². The second-order valence-corrected chi connectivity index (χ2v) is 6.79. The third-order valence-electron chi connectivity index (χ3n) is 4.92. The number of nitrogens with zero attached hydrogens (tertiary/aromatic N) is 2. The average molecular weight is 318 g/mol. The molecule has 1 saturated heterocycles. The Morgan fingerprint density at radius 3 is 2.43 bits per heavy atom. The molecule has 2 aliphatic rings. The number of amides is 1. The predicted octanol–water partition coefficient (Wildman–Crippen LogP) is 2.40. The van der Waals surface area contributed by atoms with Crippen molar-refractivity contribution in [2.24, 2.45) is 5.73 Å². The van der Waals surface area contributed by atoms with Crippen LogP contribution in [0.2, 0.25) is 0 Å². The van der Waals surface area contributed by atoms with Crippen molar-refractivity contribution in [1.82, 2.24) is 9.80 Å². The molecule has 0 radical (unpaired) electrons. The largest absolute Gasteiger partial charge is 0.340 e. The molecule has 2 rings (SSSR count). The highest BCUT2D eigenvalue weighted by atomic mass is 35.5. The van der Waals surface area contributed by atoms with Gasteiger partial charge in [0.05, 0.1) is 5.54 Å². The highest BCUT2D eigenvalue weighted by molar-refractivity contribution is 5.86. The second kappa shape index (κ2) is 8.35. The highest BCUT2D eigenvalue weighted by Gasteiger charge is 2.33. The van der Waals surface area contributed by atoms with Crippen molar-refractivity contribution in [3.05, 3.63) is 0 Å². The van der Waals surface area contributed by atoms with E-state index in [1.807, 2.05) is 11.8 Å². The summed E-state index contributed by atoms with van der Waals surface area (Å²) < 4.78 is 0. The maximum atomic E-state index is 12.6. The summed E-state index contributed by atoms with van der Waals surface area (Å²) in [6, 6.07) is 0.768. The maximum absolute atomic E-state index is 12.6. The minimum Gasteiger partial charge on any atom is -0.340 e. The summed E-state index contributed by atoms with van der Waals surface area (Å²) in [6.07, 6.45) is 8.26. The molecule has 0 aromatic carbocycles. The number of carbonyl (C=O) groups is 1. The fourth-order valence-electron chi connectivity index (χ4n) is 3.76. The number of hydrogen-bond acceptors (Lipinski definition) is 3. The van der Waals surface area contributed by atoms with Gasteiger partial charge in [0.2, 0.25) is 5.91 Å².